The molecule has 20 heavy (non-hydrogen) atoms. The predicted octanol–water partition coefficient (Wildman–Crippen LogP) is 2.27. The molecule has 2 rings (SSSR count). The fourth-order valence-electron chi connectivity index (χ4n) is 2.30. The van der Waals surface area contributed by atoms with E-state index in [1.807, 2.05) is 12.1 Å². The average Bonchev–Trinajstić information content (AvgIpc) is 3.27. The lowest BCUT2D eigenvalue weighted by Crippen LogP contribution is -2.37. The van der Waals surface area contributed by atoms with E-state index in [1.165, 1.54) is 25.7 Å². The fraction of sp³-hybridized carbons (Fsp3) is 0.625. The van der Waals surface area contributed by atoms with E-state index in [1.54, 1.807) is 12.1 Å². The number of nitrogen functional groups attached to an aromatic ring is 1. The van der Waals surface area contributed by atoms with Crippen LogP contribution in [0.3, 0.4) is 0 Å². The number of aliphatic hydroxyl groups is 1. The number of unbranched alkanes of at least 4 members (excludes halogenated alkanes) is 1. The molecule has 1 atom stereocenters. The van der Waals surface area contributed by atoms with Crippen LogP contribution in [0.25, 0.3) is 0 Å². The zero-order chi connectivity index (χ0) is 14.4. The van der Waals surface area contributed by atoms with Crippen molar-refractivity contribution < 1.29 is 9.84 Å². The highest BCUT2D eigenvalue weighted by Crippen LogP contribution is 2.27. The Hall–Kier alpha value is -1.26. The molecule has 4 nitrogen and oxygen atoms in total. The van der Waals surface area contributed by atoms with Crippen LogP contribution < -0.4 is 10.5 Å². The number of hydrogen-bond donors (Lipinski definition) is 2. The van der Waals surface area contributed by atoms with Crippen LogP contribution in [0, 0.1) is 0 Å². The zero-order valence-corrected chi connectivity index (χ0v) is 12.3. The van der Waals surface area contributed by atoms with Crippen molar-refractivity contribution in [2.75, 3.05) is 25.4 Å². The van der Waals surface area contributed by atoms with E-state index in [4.69, 9.17) is 10.5 Å². The van der Waals surface area contributed by atoms with Gasteiger partial charge in [0.05, 0.1) is 0 Å². The van der Waals surface area contributed by atoms with E-state index in [0.717, 1.165) is 18.0 Å². The molecule has 1 aliphatic carbocycles. The Morgan fingerprint density at radius 1 is 1.35 bits per heavy atom. The second-order valence-electron chi connectivity index (χ2n) is 5.61. The van der Waals surface area contributed by atoms with Gasteiger partial charge in [-0.05, 0) is 50.1 Å². The topological polar surface area (TPSA) is 58.7 Å². The molecule has 0 spiro atoms. The quantitative estimate of drug-likeness (QED) is 0.680. The van der Waals surface area contributed by atoms with Gasteiger partial charge >= 0.3 is 0 Å². The van der Waals surface area contributed by atoms with E-state index in [2.05, 4.69) is 11.8 Å². The van der Waals surface area contributed by atoms with Crippen LogP contribution in [-0.4, -0.2) is 41.8 Å². The summed E-state index contributed by atoms with van der Waals surface area (Å²) < 4.78 is 5.60. The number of rotatable bonds is 9. The van der Waals surface area contributed by atoms with Crippen molar-refractivity contribution in [2.45, 2.75) is 44.8 Å². The molecular weight excluding hydrogens is 252 g/mol. The van der Waals surface area contributed by atoms with Gasteiger partial charge in [-0.2, -0.15) is 0 Å². The van der Waals surface area contributed by atoms with Crippen molar-refractivity contribution >= 4 is 5.69 Å². The van der Waals surface area contributed by atoms with Crippen LogP contribution >= 0.6 is 0 Å². The first-order chi connectivity index (χ1) is 9.69. The minimum Gasteiger partial charge on any atom is -0.491 e. The molecule has 112 valence electrons. The van der Waals surface area contributed by atoms with E-state index < -0.39 is 6.10 Å². The minimum atomic E-state index is -0.440. The molecule has 0 aromatic heterocycles. The Morgan fingerprint density at radius 3 is 2.65 bits per heavy atom. The van der Waals surface area contributed by atoms with Crippen molar-refractivity contribution in [3.63, 3.8) is 0 Å². The molecule has 0 saturated heterocycles. The molecule has 4 heteroatoms. The lowest BCUT2D eigenvalue weighted by Gasteiger charge is -2.24. The molecular formula is C16H26N2O2. The summed E-state index contributed by atoms with van der Waals surface area (Å²) in [5.41, 5.74) is 6.34. The van der Waals surface area contributed by atoms with Gasteiger partial charge in [0, 0.05) is 18.3 Å². The maximum Gasteiger partial charge on any atom is 0.119 e. The number of benzene rings is 1. The van der Waals surface area contributed by atoms with Crippen LogP contribution in [-0.2, 0) is 0 Å². The second-order valence-corrected chi connectivity index (χ2v) is 5.61. The van der Waals surface area contributed by atoms with Crippen LogP contribution in [0.5, 0.6) is 5.75 Å². The first kappa shape index (κ1) is 15.1. The van der Waals surface area contributed by atoms with Gasteiger partial charge in [-0.25, -0.2) is 0 Å². The lowest BCUT2D eigenvalue weighted by atomic mass is 10.2. The summed E-state index contributed by atoms with van der Waals surface area (Å²) in [5.74, 6) is 0.754. The molecule has 0 amide bonds. The Balaban J connectivity index is 1.73. The molecule has 1 unspecified atom stereocenters. The Morgan fingerprint density at radius 2 is 2.05 bits per heavy atom. The number of anilines is 1. The van der Waals surface area contributed by atoms with Crippen molar-refractivity contribution in [1.29, 1.82) is 0 Å². The Labute approximate surface area is 121 Å². The van der Waals surface area contributed by atoms with Crippen LogP contribution in [0.4, 0.5) is 5.69 Å². The van der Waals surface area contributed by atoms with Gasteiger partial charge in [0.1, 0.15) is 18.5 Å². The first-order valence-electron chi connectivity index (χ1n) is 7.59. The number of nitrogens with zero attached hydrogens (tertiary/aromatic N) is 1. The maximum absolute atomic E-state index is 10.1. The van der Waals surface area contributed by atoms with Crippen molar-refractivity contribution in [3.8, 4) is 5.75 Å². The molecule has 0 aliphatic heterocycles. The molecule has 0 radical (unpaired) electrons. The van der Waals surface area contributed by atoms with Crippen LogP contribution in [0.1, 0.15) is 32.6 Å². The van der Waals surface area contributed by atoms with E-state index in [-0.39, 0.29) is 0 Å². The van der Waals surface area contributed by atoms with Gasteiger partial charge < -0.3 is 15.6 Å². The molecule has 1 aromatic rings. The normalized spacial score (nSPS) is 16.4. The minimum absolute atomic E-state index is 0.333. The highest BCUT2D eigenvalue weighted by molar-refractivity contribution is 5.41. The number of ether oxygens (including phenoxy) is 1. The zero-order valence-electron chi connectivity index (χ0n) is 12.3. The van der Waals surface area contributed by atoms with E-state index in [0.29, 0.717) is 19.2 Å². The molecule has 1 aliphatic rings. The molecule has 0 heterocycles. The molecule has 0 bridgehead atoms. The Kier molecular flexibility index (Phi) is 5.68. The maximum atomic E-state index is 10.1. The summed E-state index contributed by atoms with van der Waals surface area (Å²) in [6.07, 6.45) is 4.50. The number of nitrogens with two attached hydrogens (primary N) is 1. The molecule has 3 N–H and O–H groups in total. The monoisotopic (exact) mass is 278 g/mol. The number of aliphatic hydroxyl groups excluding tert-OH is 1. The van der Waals surface area contributed by atoms with Gasteiger partial charge in [-0.15, -0.1) is 0 Å². The van der Waals surface area contributed by atoms with Gasteiger partial charge in [0.2, 0.25) is 0 Å². The summed E-state index contributed by atoms with van der Waals surface area (Å²) in [6, 6.07) is 7.96. The predicted molar refractivity (Wildman–Crippen MR) is 81.9 cm³/mol. The van der Waals surface area contributed by atoms with Gasteiger partial charge in [-0.1, -0.05) is 13.3 Å². The third kappa shape index (κ3) is 5.02. The lowest BCUT2D eigenvalue weighted by molar-refractivity contribution is 0.0649. The third-order valence-corrected chi connectivity index (χ3v) is 3.63. The first-order valence-corrected chi connectivity index (χ1v) is 7.59. The van der Waals surface area contributed by atoms with Crippen molar-refractivity contribution in [3.05, 3.63) is 24.3 Å². The van der Waals surface area contributed by atoms with Gasteiger partial charge in [-0.3, -0.25) is 4.90 Å². The highest BCUT2D eigenvalue weighted by Gasteiger charge is 2.29. The summed E-state index contributed by atoms with van der Waals surface area (Å²) in [4.78, 5) is 2.40. The van der Waals surface area contributed by atoms with Gasteiger partial charge in [0.15, 0.2) is 0 Å². The summed E-state index contributed by atoms with van der Waals surface area (Å²) in [6.45, 7) is 4.32. The third-order valence-electron chi connectivity index (χ3n) is 3.63. The summed E-state index contributed by atoms with van der Waals surface area (Å²) in [7, 11) is 0. The second kappa shape index (κ2) is 7.50. The van der Waals surface area contributed by atoms with E-state index in [9.17, 15) is 5.11 Å². The SMILES string of the molecule is CCCCN(CC(O)COc1ccc(N)cc1)C1CC1. The average molecular weight is 278 g/mol. The summed E-state index contributed by atoms with van der Waals surface area (Å²) >= 11 is 0. The van der Waals surface area contributed by atoms with Crippen LogP contribution in [0.2, 0.25) is 0 Å². The molecule has 1 aromatic carbocycles. The summed E-state index contributed by atoms with van der Waals surface area (Å²) in [5, 5.41) is 10.1. The molecule has 1 saturated carbocycles. The van der Waals surface area contributed by atoms with Crippen molar-refractivity contribution in [1.82, 2.24) is 4.90 Å². The molecule has 1 fully saturated rings. The van der Waals surface area contributed by atoms with Gasteiger partial charge in [0.25, 0.3) is 0 Å². The Bertz CT molecular complexity index is 390. The van der Waals surface area contributed by atoms with E-state index >= 15 is 0 Å². The largest absolute Gasteiger partial charge is 0.491 e. The highest BCUT2D eigenvalue weighted by atomic mass is 16.5. The standard InChI is InChI=1S/C16H26N2O2/c1-2-3-10-18(14-6-7-14)11-15(19)12-20-16-8-4-13(17)5-9-16/h4-5,8-9,14-15,19H,2-3,6-7,10-12,17H2,1H3. The number of hydrogen-bond acceptors (Lipinski definition) is 4. The van der Waals surface area contributed by atoms with Crippen LogP contribution in [0.15, 0.2) is 24.3 Å². The smallest absolute Gasteiger partial charge is 0.119 e. The van der Waals surface area contributed by atoms with Crippen molar-refractivity contribution in [2.24, 2.45) is 0 Å². The fourth-order valence-corrected chi connectivity index (χ4v) is 2.30.